The van der Waals surface area contributed by atoms with Crippen molar-refractivity contribution >= 4 is 15.7 Å². The van der Waals surface area contributed by atoms with Crippen molar-refractivity contribution in [1.82, 2.24) is 10.2 Å². The van der Waals surface area contributed by atoms with Gasteiger partial charge in [0, 0.05) is 17.4 Å². The van der Waals surface area contributed by atoms with Crippen LogP contribution in [-0.2, 0) is 14.6 Å². The number of nitrogens with zero attached hydrogens (tertiary/aromatic N) is 1. The fourth-order valence-electron chi connectivity index (χ4n) is 2.64. The smallest absolute Gasteiger partial charge is 0.223 e. The van der Waals surface area contributed by atoms with Crippen LogP contribution in [0.4, 0.5) is 0 Å². The van der Waals surface area contributed by atoms with Gasteiger partial charge in [0.25, 0.3) is 0 Å². The Morgan fingerprint density at radius 2 is 1.95 bits per heavy atom. The number of likely N-dealkylation sites (tertiary alicyclic amines) is 1. The van der Waals surface area contributed by atoms with Crippen LogP contribution in [0.3, 0.4) is 0 Å². The molecule has 2 heterocycles. The minimum absolute atomic E-state index is 0.00355. The summed E-state index contributed by atoms with van der Waals surface area (Å²) >= 11 is 0. The van der Waals surface area contributed by atoms with Gasteiger partial charge in [0.2, 0.25) is 5.91 Å². The molecule has 19 heavy (non-hydrogen) atoms. The summed E-state index contributed by atoms with van der Waals surface area (Å²) in [5, 5.41) is 4.02. The van der Waals surface area contributed by atoms with E-state index in [1.165, 1.54) is 5.41 Å². The number of carbonyl (C=O) groups excluding carboxylic acids is 1. The Labute approximate surface area is 115 Å². The van der Waals surface area contributed by atoms with E-state index in [1.54, 1.807) is 6.08 Å². The first-order valence-electron chi connectivity index (χ1n) is 6.83. The van der Waals surface area contributed by atoms with Crippen LogP contribution < -0.4 is 5.32 Å². The van der Waals surface area contributed by atoms with Gasteiger partial charge in [-0.2, -0.15) is 0 Å². The lowest BCUT2D eigenvalue weighted by atomic mass is 9.95. The molecule has 1 N–H and O–H groups in total. The van der Waals surface area contributed by atoms with E-state index in [2.05, 4.69) is 24.1 Å². The highest BCUT2D eigenvalue weighted by molar-refractivity contribution is 7.94. The van der Waals surface area contributed by atoms with Gasteiger partial charge in [-0.3, -0.25) is 4.79 Å². The van der Waals surface area contributed by atoms with Crippen LogP contribution >= 0.6 is 0 Å². The number of amides is 1. The van der Waals surface area contributed by atoms with Crippen molar-refractivity contribution < 1.29 is 13.2 Å². The molecule has 0 aromatic heterocycles. The van der Waals surface area contributed by atoms with E-state index in [0.717, 1.165) is 25.9 Å². The molecule has 0 spiro atoms. The molecule has 1 fully saturated rings. The van der Waals surface area contributed by atoms with Gasteiger partial charge in [-0.15, -0.1) is 0 Å². The van der Waals surface area contributed by atoms with Gasteiger partial charge in [-0.25, -0.2) is 8.42 Å². The van der Waals surface area contributed by atoms with Crippen molar-refractivity contribution in [3.63, 3.8) is 0 Å². The summed E-state index contributed by atoms with van der Waals surface area (Å²) < 4.78 is 22.5. The molecule has 1 saturated heterocycles. The highest BCUT2D eigenvalue weighted by atomic mass is 32.2. The van der Waals surface area contributed by atoms with Gasteiger partial charge in [0.15, 0.2) is 9.84 Å². The average molecular weight is 286 g/mol. The maximum atomic E-state index is 12.1. The monoisotopic (exact) mass is 286 g/mol. The molecular formula is C13H22N2O3S. The zero-order valence-electron chi connectivity index (χ0n) is 11.5. The Morgan fingerprint density at radius 1 is 1.32 bits per heavy atom. The van der Waals surface area contributed by atoms with Crippen molar-refractivity contribution in [2.45, 2.75) is 38.8 Å². The molecule has 1 unspecified atom stereocenters. The van der Waals surface area contributed by atoms with Crippen molar-refractivity contribution in [2.75, 3.05) is 18.8 Å². The molecule has 0 aliphatic carbocycles. The van der Waals surface area contributed by atoms with Crippen molar-refractivity contribution in [2.24, 2.45) is 5.92 Å². The number of sulfone groups is 1. The highest BCUT2D eigenvalue weighted by Crippen LogP contribution is 2.19. The first kappa shape index (κ1) is 14.5. The maximum Gasteiger partial charge on any atom is 0.223 e. The third-order valence-corrected chi connectivity index (χ3v) is 5.28. The van der Waals surface area contributed by atoms with E-state index < -0.39 is 9.84 Å². The maximum absolute atomic E-state index is 12.1. The normalized spacial score (nSPS) is 27.8. The second-order valence-corrected chi connectivity index (χ2v) is 7.61. The predicted octanol–water partition coefficient (Wildman–Crippen LogP) is 0.534. The Balaban J connectivity index is 1.81. The van der Waals surface area contributed by atoms with Crippen molar-refractivity contribution in [3.05, 3.63) is 11.5 Å². The topological polar surface area (TPSA) is 66.5 Å². The van der Waals surface area contributed by atoms with Crippen LogP contribution in [-0.4, -0.2) is 50.2 Å². The number of carbonyl (C=O) groups is 1. The van der Waals surface area contributed by atoms with Crippen LogP contribution in [0.1, 0.15) is 26.7 Å². The molecule has 1 atom stereocenters. The Morgan fingerprint density at radius 3 is 2.42 bits per heavy atom. The number of hydrogen-bond acceptors (Lipinski definition) is 4. The molecule has 0 aromatic carbocycles. The van der Waals surface area contributed by atoms with E-state index in [4.69, 9.17) is 0 Å². The molecule has 5 nitrogen and oxygen atoms in total. The quantitative estimate of drug-likeness (QED) is 0.822. The molecule has 2 aliphatic rings. The van der Waals surface area contributed by atoms with Gasteiger partial charge in [-0.1, -0.05) is 0 Å². The van der Waals surface area contributed by atoms with Crippen LogP contribution in [0.25, 0.3) is 0 Å². The number of nitrogens with one attached hydrogen (secondary N) is 1. The van der Waals surface area contributed by atoms with E-state index in [0.29, 0.717) is 6.04 Å². The van der Waals surface area contributed by atoms with E-state index in [9.17, 15) is 13.2 Å². The van der Waals surface area contributed by atoms with E-state index in [1.807, 2.05) is 0 Å². The molecule has 108 valence electrons. The summed E-state index contributed by atoms with van der Waals surface area (Å²) in [5.74, 6) is 0.0192. The Hall–Kier alpha value is -0.880. The SMILES string of the molecule is CC(C)N1CCC(C(=O)NC2C=CS(=O)(=O)C2)CC1. The van der Waals surface area contributed by atoms with Crippen LogP contribution in [0.5, 0.6) is 0 Å². The first-order chi connectivity index (χ1) is 8.87. The fraction of sp³-hybridized carbons (Fsp3) is 0.769. The highest BCUT2D eigenvalue weighted by Gasteiger charge is 2.29. The first-order valence-corrected chi connectivity index (χ1v) is 8.54. The lowest BCUT2D eigenvalue weighted by Gasteiger charge is -2.34. The van der Waals surface area contributed by atoms with Crippen LogP contribution in [0, 0.1) is 5.92 Å². The average Bonchev–Trinajstić information content (AvgIpc) is 2.68. The molecule has 0 radical (unpaired) electrons. The van der Waals surface area contributed by atoms with Gasteiger partial charge in [-0.05, 0) is 45.9 Å². The fourth-order valence-corrected chi connectivity index (χ4v) is 3.88. The van der Waals surface area contributed by atoms with E-state index >= 15 is 0 Å². The number of hydrogen-bond donors (Lipinski definition) is 1. The Bertz CT molecular complexity index is 462. The lowest BCUT2D eigenvalue weighted by molar-refractivity contribution is -0.126. The summed E-state index contributed by atoms with van der Waals surface area (Å²) in [6.45, 7) is 6.20. The molecule has 2 aliphatic heterocycles. The third kappa shape index (κ3) is 3.79. The summed E-state index contributed by atoms with van der Waals surface area (Å²) in [7, 11) is -3.10. The zero-order chi connectivity index (χ0) is 14.0. The molecule has 6 heteroatoms. The summed E-state index contributed by atoms with van der Waals surface area (Å²) in [6.07, 6.45) is 3.27. The minimum atomic E-state index is -3.10. The number of piperidine rings is 1. The molecule has 2 rings (SSSR count). The number of rotatable bonds is 3. The van der Waals surface area contributed by atoms with Gasteiger partial charge in [0.1, 0.15) is 0 Å². The van der Waals surface area contributed by atoms with Crippen LogP contribution in [0.2, 0.25) is 0 Å². The van der Waals surface area contributed by atoms with Crippen molar-refractivity contribution in [3.8, 4) is 0 Å². The Kier molecular flexibility index (Phi) is 4.30. The standard InChI is InChI=1S/C13H22N2O3S/c1-10(2)15-6-3-11(4-7-15)13(16)14-12-5-8-19(17,18)9-12/h5,8,10-12H,3-4,6-7,9H2,1-2H3,(H,14,16). The molecule has 1 amide bonds. The van der Waals surface area contributed by atoms with Gasteiger partial charge >= 0.3 is 0 Å². The summed E-state index contributed by atoms with van der Waals surface area (Å²) in [6, 6.07) is 0.174. The molecule has 0 saturated carbocycles. The zero-order valence-corrected chi connectivity index (χ0v) is 12.3. The van der Waals surface area contributed by atoms with Crippen molar-refractivity contribution in [1.29, 1.82) is 0 Å². The lowest BCUT2D eigenvalue weighted by Crippen LogP contribution is -2.45. The molecular weight excluding hydrogens is 264 g/mol. The van der Waals surface area contributed by atoms with Gasteiger partial charge in [0.05, 0.1) is 11.8 Å². The molecule has 0 bridgehead atoms. The third-order valence-electron chi connectivity index (χ3n) is 3.89. The molecule has 0 aromatic rings. The second-order valence-electron chi connectivity index (χ2n) is 5.68. The van der Waals surface area contributed by atoms with E-state index in [-0.39, 0.29) is 23.6 Å². The largest absolute Gasteiger partial charge is 0.349 e. The predicted molar refractivity (Wildman–Crippen MR) is 74.3 cm³/mol. The van der Waals surface area contributed by atoms with Crippen LogP contribution in [0.15, 0.2) is 11.5 Å². The summed E-state index contributed by atoms with van der Waals surface area (Å²) in [4.78, 5) is 14.4. The minimum Gasteiger partial charge on any atom is -0.349 e. The second kappa shape index (κ2) is 5.63. The summed E-state index contributed by atoms with van der Waals surface area (Å²) in [5.41, 5.74) is 0. The van der Waals surface area contributed by atoms with Gasteiger partial charge < -0.3 is 10.2 Å².